The molecule has 2 unspecified atom stereocenters. The molecule has 0 bridgehead atoms. The fraction of sp³-hybridized carbons (Fsp3) is 0.611. The first-order valence-electron chi connectivity index (χ1n) is 8.70. The summed E-state index contributed by atoms with van der Waals surface area (Å²) in [6.45, 7) is 4.58. The lowest BCUT2D eigenvalue weighted by Crippen LogP contribution is -2.49. The topological polar surface area (TPSA) is 44.4 Å². The summed E-state index contributed by atoms with van der Waals surface area (Å²) in [5.74, 6) is 0.816. The second-order valence-corrected chi connectivity index (χ2v) is 7.05. The molecule has 2 aliphatic rings. The summed E-state index contributed by atoms with van der Waals surface area (Å²) in [6.07, 6.45) is 4.13. The van der Waals surface area contributed by atoms with Crippen LogP contribution < -0.4 is 10.6 Å². The van der Waals surface area contributed by atoms with E-state index in [1.807, 2.05) is 18.2 Å². The third-order valence-electron chi connectivity index (χ3n) is 4.96. The number of hydrogen-bond donors (Lipinski definition) is 2. The minimum atomic E-state index is 0.0962. The molecule has 126 valence electrons. The van der Waals surface area contributed by atoms with Crippen molar-refractivity contribution in [3.8, 4) is 0 Å². The zero-order valence-corrected chi connectivity index (χ0v) is 14.3. The van der Waals surface area contributed by atoms with E-state index < -0.39 is 0 Å². The van der Waals surface area contributed by atoms with Crippen LogP contribution in [0.1, 0.15) is 37.3 Å². The Morgan fingerprint density at radius 3 is 3.00 bits per heavy atom. The normalized spacial score (nSPS) is 25.9. The van der Waals surface area contributed by atoms with Gasteiger partial charge in [0.15, 0.2) is 0 Å². The maximum Gasteiger partial charge on any atom is 0.223 e. The molecular formula is C18H26ClN3O. The summed E-state index contributed by atoms with van der Waals surface area (Å²) >= 11 is 6.13. The van der Waals surface area contributed by atoms with E-state index in [1.54, 1.807) is 0 Å². The van der Waals surface area contributed by atoms with Crippen molar-refractivity contribution in [2.24, 2.45) is 5.92 Å². The quantitative estimate of drug-likeness (QED) is 0.892. The first kappa shape index (κ1) is 16.7. The van der Waals surface area contributed by atoms with Gasteiger partial charge in [0.25, 0.3) is 0 Å². The van der Waals surface area contributed by atoms with E-state index in [-0.39, 0.29) is 6.04 Å². The molecule has 5 heteroatoms. The minimum absolute atomic E-state index is 0.0962. The van der Waals surface area contributed by atoms with Gasteiger partial charge in [-0.3, -0.25) is 4.79 Å². The van der Waals surface area contributed by atoms with Crippen molar-refractivity contribution in [3.63, 3.8) is 0 Å². The molecule has 0 aromatic heterocycles. The predicted molar refractivity (Wildman–Crippen MR) is 93.6 cm³/mol. The van der Waals surface area contributed by atoms with Gasteiger partial charge in [-0.15, -0.1) is 0 Å². The van der Waals surface area contributed by atoms with Crippen molar-refractivity contribution in [2.75, 3.05) is 32.7 Å². The monoisotopic (exact) mass is 335 g/mol. The summed E-state index contributed by atoms with van der Waals surface area (Å²) in [4.78, 5) is 14.9. The Kier molecular flexibility index (Phi) is 5.92. The Balaban J connectivity index is 1.69. The van der Waals surface area contributed by atoms with Gasteiger partial charge in [0, 0.05) is 31.1 Å². The van der Waals surface area contributed by atoms with Crippen LogP contribution in [0.3, 0.4) is 0 Å². The van der Waals surface area contributed by atoms with Gasteiger partial charge in [-0.05, 0) is 56.0 Å². The Hall–Kier alpha value is -1.10. The molecule has 0 aliphatic carbocycles. The van der Waals surface area contributed by atoms with E-state index >= 15 is 0 Å². The number of hydrogen-bond acceptors (Lipinski definition) is 3. The summed E-state index contributed by atoms with van der Waals surface area (Å²) in [6, 6.07) is 7.99. The van der Waals surface area contributed by atoms with Crippen LogP contribution in [0.2, 0.25) is 5.02 Å². The van der Waals surface area contributed by atoms with Crippen molar-refractivity contribution in [3.05, 3.63) is 34.9 Å². The van der Waals surface area contributed by atoms with Crippen molar-refractivity contribution >= 4 is 17.5 Å². The third-order valence-corrected chi connectivity index (χ3v) is 5.19. The smallest absolute Gasteiger partial charge is 0.223 e. The first-order valence-corrected chi connectivity index (χ1v) is 9.08. The minimum Gasteiger partial charge on any atom is -0.333 e. The van der Waals surface area contributed by atoms with Gasteiger partial charge >= 0.3 is 0 Å². The standard InChI is InChI=1S/C18H26ClN3O/c19-16-5-1-4-15(12-16)17-13-21-9-10-22(17)18(23)11-14-3-2-7-20-8-6-14/h1,4-5,12,14,17,20-21H,2-3,6-11,13H2. The summed E-state index contributed by atoms with van der Waals surface area (Å²) in [5, 5.41) is 7.56. The molecule has 2 fully saturated rings. The fourth-order valence-electron chi connectivity index (χ4n) is 3.67. The van der Waals surface area contributed by atoms with Gasteiger partial charge in [0.1, 0.15) is 0 Å². The van der Waals surface area contributed by atoms with Crippen LogP contribution in [-0.2, 0) is 4.79 Å². The van der Waals surface area contributed by atoms with Crippen LogP contribution in [0.15, 0.2) is 24.3 Å². The summed E-state index contributed by atoms with van der Waals surface area (Å²) < 4.78 is 0. The van der Waals surface area contributed by atoms with Gasteiger partial charge < -0.3 is 15.5 Å². The predicted octanol–water partition coefficient (Wildman–Crippen LogP) is 2.59. The molecule has 1 aromatic rings. The maximum absolute atomic E-state index is 12.9. The number of halogens is 1. The molecule has 23 heavy (non-hydrogen) atoms. The van der Waals surface area contributed by atoms with Crippen LogP contribution in [0.5, 0.6) is 0 Å². The molecule has 2 atom stereocenters. The molecule has 2 heterocycles. The van der Waals surface area contributed by atoms with E-state index in [0.717, 1.165) is 56.2 Å². The second kappa shape index (κ2) is 8.13. The average Bonchev–Trinajstić information content (AvgIpc) is 2.83. The average molecular weight is 336 g/mol. The van der Waals surface area contributed by atoms with E-state index in [9.17, 15) is 4.79 Å². The van der Waals surface area contributed by atoms with Gasteiger partial charge in [0.2, 0.25) is 5.91 Å². The van der Waals surface area contributed by atoms with Crippen LogP contribution in [0.4, 0.5) is 0 Å². The molecule has 0 spiro atoms. The van der Waals surface area contributed by atoms with Gasteiger partial charge in [0.05, 0.1) is 6.04 Å². The van der Waals surface area contributed by atoms with Gasteiger partial charge in [-0.1, -0.05) is 23.7 Å². The molecule has 0 saturated carbocycles. The SMILES string of the molecule is O=C(CC1CCCNCC1)N1CCNCC1c1cccc(Cl)c1. The van der Waals surface area contributed by atoms with E-state index in [1.165, 1.54) is 6.42 Å². The first-order chi connectivity index (χ1) is 11.2. The number of piperazine rings is 1. The molecule has 2 saturated heterocycles. The third kappa shape index (κ3) is 4.46. The van der Waals surface area contributed by atoms with E-state index in [4.69, 9.17) is 11.6 Å². The lowest BCUT2D eigenvalue weighted by molar-refractivity contribution is -0.135. The highest BCUT2D eigenvalue weighted by atomic mass is 35.5. The fourth-order valence-corrected chi connectivity index (χ4v) is 3.87. The number of amides is 1. The van der Waals surface area contributed by atoms with Gasteiger partial charge in [-0.25, -0.2) is 0 Å². The van der Waals surface area contributed by atoms with E-state index in [2.05, 4.69) is 21.6 Å². The van der Waals surface area contributed by atoms with Crippen LogP contribution in [0, 0.1) is 5.92 Å². The van der Waals surface area contributed by atoms with Crippen LogP contribution >= 0.6 is 11.6 Å². The van der Waals surface area contributed by atoms with E-state index in [0.29, 0.717) is 18.2 Å². The second-order valence-electron chi connectivity index (χ2n) is 6.61. The highest BCUT2D eigenvalue weighted by Gasteiger charge is 2.29. The van der Waals surface area contributed by atoms with Crippen molar-refractivity contribution in [2.45, 2.75) is 31.7 Å². The Morgan fingerprint density at radius 1 is 1.22 bits per heavy atom. The Bertz CT molecular complexity index is 529. The molecular weight excluding hydrogens is 310 g/mol. The molecule has 1 aromatic carbocycles. The number of nitrogens with one attached hydrogen (secondary N) is 2. The zero-order valence-electron chi connectivity index (χ0n) is 13.6. The van der Waals surface area contributed by atoms with Crippen LogP contribution in [0.25, 0.3) is 0 Å². The Labute approximate surface area is 143 Å². The van der Waals surface area contributed by atoms with Gasteiger partial charge in [-0.2, -0.15) is 0 Å². The number of carbonyl (C=O) groups excluding carboxylic acids is 1. The number of carbonyl (C=O) groups is 1. The lowest BCUT2D eigenvalue weighted by atomic mass is 9.95. The molecule has 2 N–H and O–H groups in total. The van der Waals surface area contributed by atoms with Crippen molar-refractivity contribution in [1.29, 1.82) is 0 Å². The largest absolute Gasteiger partial charge is 0.333 e. The summed E-state index contributed by atoms with van der Waals surface area (Å²) in [7, 11) is 0. The number of nitrogens with zero attached hydrogens (tertiary/aromatic N) is 1. The van der Waals surface area contributed by atoms with Crippen LogP contribution in [-0.4, -0.2) is 43.5 Å². The maximum atomic E-state index is 12.9. The number of benzene rings is 1. The molecule has 1 amide bonds. The molecule has 3 rings (SSSR count). The lowest BCUT2D eigenvalue weighted by Gasteiger charge is -2.37. The molecule has 0 radical (unpaired) electrons. The Morgan fingerprint density at radius 2 is 2.13 bits per heavy atom. The molecule has 4 nitrogen and oxygen atoms in total. The number of rotatable bonds is 3. The van der Waals surface area contributed by atoms with Crippen molar-refractivity contribution < 1.29 is 4.79 Å². The highest BCUT2D eigenvalue weighted by molar-refractivity contribution is 6.30. The molecule has 2 aliphatic heterocycles. The zero-order chi connectivity index (χ0) is 16.1. The van der Waals surface area contributed by atoms with Crippen molar-refractivity contribution in [1.82, 2.24) is 15.5 Å². The highest BCUT2D eigenvalue weighted by Crippen LogP contribution is 2.27. The summed E-state index contributed by atoms with van der Waals surface area (Å²) in [5.41, 5.74) is 1.13.